The van der Waals surface area contributed by atoms with Crippen molar-refractivity contribution in [3.8, 4) is 5.75 Å². The van der Waals surface area contributed by atoms with Gasteiger partial charge in [-0.25, -0.2) is 9.97 Å². The first kappa shape index (κ1) is 25.5. The molecule has 2 aromatic heterocycles. The number of halogens is 1. The van der Waals surface area contributed by atoms with E-state index in [4.69, 9.17) is 22.1 Å². The summed E-state index contributed by atoms with van der Waals surface area (Å²) in [5, 5.41) is 3.10. The van der Waals surface area contributed by atoms with Crippen molar-refractivity contribution in [3.63, 3.8) is 0 Å². The Labute approximate surface area is 206 Å². The topological polar surface area (TPSA) is 124 Å². The largest absolute Gasteiger partial charge is 0.493 e. The lowest BCUT2D eigenvalue weighted by atomic mass is 9.63. The van der Waals surface area contributed by atoms with Crippen molar-refractivity contribution < 1.29 is 18.5 Å². The number of carbonyl (C=O) groups excluding carboxylic acids is 2. The maximum Gasteiger partial charge on any atom is 0.274 e. The molecule has 0 saturated heterocycles. The molecule has 3 rings (SSSR count). The maximum atomic E-state index is 13.2. The molecule has 0 aliphatic heterocycles. The van der Waals surface area contributed by atoms with Gasteiger partial charge in [0.2, 0.25) is 0 Å². The molecule has 0 aliphatic carbocycles. The Bertz CT molecular complexity index is 1220. The van der Waals surface area contributed by atoms with E-state index in [1.807, 2.05) is 0 Å². The number of nitrogens with one attached hydrogen (secondary N) is 1. The lowest BCUT2D eigenvalue weighted by Gasteiger charge is -2.13. The molecule has 3 N–H and O–H groups in total. The minimum atomic E-state index is -1.24. The van der Waals surface area contributed by atoms with Crippen LogP contribution in [0.3, 0.4) is 0 Å². The predicted molar refractivity (Wildman–Crippen MR) is 134 cm³/mol. The molecule has 1 aromatic carbocycles. The third-order valence-electron chi connectivity index (χ3n) is 4.69. The van der Waals surface area contributed by atoms with E-state index in [2.05, 4.69) is 15.3 Å². The maximum absolute atomic E-state index is 13.2. The van der Waals surface area contributed by atoms with E-state index in [-0.39, 0.29) is 16.9 Å². The molecule has 0 spiro atoms. The second-order valence-electron chi connectivity index (χ2n) is 7.32. The fourth-order valence-corrected chi connectivity index (χ4v) is 3.62. The molecule has 175 valence electrons. The molecule has 1 amide bonds. The van der Waals surface area contributed by atoms with E-state index < -0.39 is 16.7 Å². The van der Waals surface area contributed by atoms with Crippen molar-refractivity contribution in [1.82, 2.24) is 9.97 Å². The van der Waals surface area contributed by atoms with E-state index >= 15 is 0 Å². The minimum Gasteiger partial charge on any atom is -0.493 e. The number of amides is 1. The number of aromatic nitrogens is 2. The first-order valence-electron chi connectivity index (χ1n) is 10.4. The average molecular weight is 498 g/mol. The van der Waals surface area contributed by atoms with Crippen LogP contribution in [0.25, 0.3) is 0 Å². The Morgan fingerprint density at radius 3 is 2.68 bits per heavy atom. The lowest BCUT2D eigenvalue weighted by Crippen LogP contribution is -2.33. The standard InChI is InChI=1S/C23H23BClN4O4S/c1-14-4-8-18(21(28-14)23(31)29-20-9-5-15(25)13-27-20)24-22(30)17-7-6-16(34(2)32)12-19(17)33-11-3-10-26/h4-9,12-13H,3,10-11,26H2,1-2H3,(H,27,29,31). The number of carbonyl (C=O) groups is 2. The van der Waals surface area contributed by atoms with Crippen molar-refractivity contribution in [1.29, 1.82) is 0 Å². The number of aryl methyl sites for hydroxylation is 1. The molecular formula is C23H23BClN4O4S. The van der Waals surface area contributed by atoms with Gasteiger partial charge in [0.1, 0.15) is 22.9 Å². The van der Waals surface area contributed by atoms with Crippen LogP contribution in [-0.4, -0.2) is 52.5 Å². The Kier molecular flexibility index (Phi) is 8.92. The van der Waals surface area contributed by atoms with Crippen LogP contribution in [0.5, 0.6) is 5.75 Å². The van der Waals surface area contributed by atoms with E-state index in [1.54, 1.807) is 55.6 Å². The highest BCUT2D eigenvalue weighted by Crippen LogP contribution is 2.23. The highest BCUT2D eigenvalue weighted by atomic mass is 35.5. The van der Waals surface area contributed by atoms with E-state index in [0.29, 0.717) is 52.2 Å². The van der Waals surface area contributed by atoms with Gasteiger partial charge in [-0.1, -0.05) is 17.7 Å². The summed E-state index contributed by atoms with van der Waals surface area (Å²) in [5.74, 6) is 0.0845. The zero-order chi connectivity index (χ0) is 24.7. The van der Waals surface area contributed by atoms with Gasteiger partial charge < -0.3 is 20.6 Å². The average Bonchev–Trinajstić information content (AvgIpc) is 2.81. The summed E-state index contributed by atoms with van der Waals surface area (Å²) in [5.41, 5.74) is 6.43. The summed E-state index contributed by atoms with van der Waals surface area (Å²) < 4.78 is 17.6. The number of anilines is 1. The van der Waals surface area contributed by atoms with Crippen molar-refractivity contribution in [2.45, 2.75) is 18.2 Å². The fourth-order valence-electron chi connectivity index (χ4n) is 2.98. The predicted octanol–water partition coefficient (Wildman–Crippen LogP) is 2.33. The van der Waals surface area contributed by atoms with Gasteiger partial charge in [0.05, 0.1) is 11.6 Å². The Hall–Kier alpha value is -3.08. The summed E-state index contributed by atoms with van der Waals surface area (Å²) in [6.45, 7) is 2.49. The Morgan fingerprint density at radius 1 is 1.21 bits per heavy atom. The molecule has 1 atom stereocenters. The molecule has 34 heavy (non-hydrogen) atoms. The molecule has 1 radical (unpaired) electrons. The Morgan fingerprint density at radius 2 is 2.00 bits per heavy atom. The third-order valence-corrected chi connectivity index (χ3v) is 5.83. The third kappa shape index (κ3) is 6.72. The Balaban J connectivity index is 1.87. The van der Waals surface area contributed by atoms with Crippen LogP contribution in [0.2, 0.25) is 5.02 Å². The highest BCUT2D eigenvalue weighted by molar-refractivity contribution is 7.84. The molecule has 0 aliphatic rings. The van der Waals surface area contributed by atoms with Crippen LogP contribution in [-0.2, 0) is 10.8 Å². The second-order valence-corrected chi connectivity index (χ2v) is 9.13. The van der Waals surface area contributed by atoms with Crippen molar-refractivity contribution in [2.24, 2.45) is 5.73 Å². The molecular weight excluding hydrogens is 475 g/mol. The van der Waals surface area contributed by atoms with Gasteiger partial charge in [-0.15, -0.1) is 0 Å². The van der Waals surface area contributed by atoms with Crippen LogP contribution in [0.1, 0.15) is 33.0 Å². The van der Waals surface area contributed by atoms with E-state index in [1.165, 1.54) is 13.5 Å². The smallest absolute Gasteiger partial charge is 0.274 e. The highest BCUT2D eigenvalue weighted by Gasteiger charge is 2.21. The first-order chi connectivity index (χ1) is 16.3. The molecule has 1 unspecified atom stereocenters. The van der Waals surface area contributed by atoms with Crippen molar-refractivity contribution >= 4 is 52.6 Å². The number of pyridine rings is 2. The van der Waals surface area contributed by atoms with Crippen LogP contribution < -0.4 is 21.3 Å². The fraction of sp³-hybridized carbons (Fsp3) is 0.217. The summed E-state index contributed by atoms with van der Waals surface area (Å²) in [6, 6.07) is 11.3. The SMILES string of the molecule is Cc1ccc([B]C(=O)c2ccc(S(C)=O)cc2OCCCN)c(C(=O)Nc2ccc(Cl)cn2)n1. The molecule has 3 aromatic rings. The molecule has 8 nitrogen and oxygen atoms in total. The quantitative estimate of drug-likeness (QED) is 0.325. The van der Waals surface area contributed by atoms with Crippen molar-refractivity contribution in [2.75, 3.05) is 24.7 Å². The molecule has 0 saturated carbocycles. The summed E-state index contributed by atoms with van der Waals surface area (Å²) >= 11 is 5.84. The van der Waals surface area contributed by atoms with Gasteiger partial charge in [-0.05, 0) is 61.8 Å². The first-order valence-corrected chi connectivity index (χ1v) is 12.3. The van der Waals surface area contributed by atoms with Gasteiger partial charge in [0.25, 0.3) is 13.2 Å². The monoisotopic (exact) mass is 497 g/mol. The number of nitrogens with zero attached hydrogens (tertiary/aromatic N) is 2. The van der Waals surface area contributed by atoms with Crippen LogP contribution in [0.15, 0.2) is 53.6 Å². The minimum absolute atomic E-state index is 0.0713. The summed E-state index contributed by atoms with van der Waals surface area (Å²) in [6.07, 6.45) is 3.56. The normalized spacial score (nSPS) is 11.5. The van der Waals surface area contributed by atoms with Crippen molar-refractivity contribution in [3.05, 3.63) is 70.6 Å². The van der Waals surface area contributed by atoms with Crippen LogP contribution >= 0.6 is 11.6 Å². The van der Waals surface area contributed by atoms with Crippen LogP contribution in [0, 0.1) is 6.92 Å². The molecule has 0 fully saturated rings. The molecule has 0 bridgehead atoms. The van der Waals surface area contributed by atoms with E-state index in [0.717, 1.165) is 0 Å². The van der Waals surface area contributed by atoms with Crippen LogP contribution in [0.4, 0.5) is 5.82 Å². The number of ether oxygens (including phenoxy) is 1. The second kappa shape index (κ2) is 11.9. The van der Waals surface area contributed by atoms with Gasteiger partial charge in [0.15, 0.2) is 0 Å². The van der Waals surface area contributed by atoms with Gasteiger partial charge >= 0.3 is 0 Å². The zero-order valence-corrected chi connectivity index (χ0v) is 20.3. The molecule has 11 heteroatoms. The number of rotatable bonds is 10. The summed E-state index contributed by atoms with van der Waals surface area (Å²) in [4.78, 5) is 35.0. The zero-order valence-electron chi connectivity index (χ0n) is 18.7. The number of hydrogen-bond donors (Lipinski definition) is 2. The lowest BCUT2D eigenvalue weighted by molar-refractivity contribution is 0.102. The summed E-state index contributed by atoms with van der Waals surface area (Å²) in [7, 11) is 0.0809. The van der Waals surface area contributed by atoms with Gasteiger partial charge in [-0.2, -0.15) is 0 Å². The number of benzene rings is 1. The number of hydrogen-bond acceptors (Lipinski definition) is 7. The van der Waals surface area contributed by atoms with Gasteiger partial charge in [0, 0.05) is 39.4 Å². The number of nitrogens with two attached hydrogens (primary N) is 1. The van der Waals surface area contributed by atoms with Gasteiger partial charge in [-0.3, -0.25) is 9.00 Å². The van der Waals surface area contributed by atoms with E-state index in [9.17, 15) is 13.8 Å². The molecule has 2 heterocycles.